The normalized spacial score (nSPS) is 11.9. The van der Waals surface area contributed by atoms with Crippen LogP contribution >= 0.6 is 0 Å². The Morgan fingerprint density at radius 3 is 1.34 bits per heavy atom. The van der Waals surface area contributed by atoms with Crippen LogP contribution in [0.25, 0.3) is 110 Å². The Morgan fingerprint density at radius 1 is 0.340 bits per heavy atom. The number of hydrogen-bond donors (Lipinski definition) is 0. The van der Waals surface area contributed by atoms with E-state index in [1.54, 1.807) is 0 Å². The van der Waals surface area contributed by atoms with E-state index in [1.807, 2.05) is 12.5 Å². The average Bonchev–Trinajstić information content (AvgIpc) is 3.81. The minimum Gasteiger partial charge on any atom is -0.472 e. The quantitative estimate of drug-likeness (QED) is 0.173. The molecule has 2 heteroatoms. The maximum atomic E-state index is 7.02. The van der Waals surface area contributed by atoms with E-state index >= 15 is 0 Å². The molecule has 0 atom stereocenters. The van der Waals surface area contributed by atoms with Crippen molar-refractivity contribution in [3.8, 4) is 44.5 Å². The molecule has 0 fully saturated rings. The van der Waals surface area contributed by atoms with Gasteiger partial charge in [0.05, 0.1) is 12.5 Å². The molecule has 2 nitrogen and oxygen atoms in total. The molecule has 0 aliphatic carbocycles. The highest BCUT2D eigenvalue weighted by molar-refractivity contribution is 6.25. The van der Waals surface area contributed by atoms with E-state index in [0.29, 0.717) is 0 Å². The fourth-order valence-corrected chi connectivity index (χ4v) is 8.83. The van der Waals surface area contributed by atoms with Crippen molar-refractivity contribution in [2.75, 3.05) is 0 Å². The summed E-state index contributed by atoms with van der Waals surface area (Å²) >= 11 is 0. The van der Waals surface area contributed by atoms with Crippen molar-refractivity contribution in [1.82, 2.24) is 0 Å². The van der Waals surface area contributed by atoms with Crippen LogP contribution < -0.4 is 0 Å². The summed E-state index contributed by atoms with van der Waals surface area (Å²) in [6.45, 7) is 2.11. The first-order valence-electron chi connectivity index (χ1n) is 18.2. The maximum Gasteiger partial charge on any atom is 0.143 e. The molecule has 0 saturated carbocycles. The van der Waals surface area contributed by atoms with Gasteiger partial charge in [0.1, 0.15) is 11.2 Å². The standard InChI is InChI=1S/C51H32O2/c1-31-29-52-30-45(31)50-41-22-11-9-20-39(41)49(40-21-10-12-23-42(40)50)44-25-13-24-43-34-27-26-33(28-46(34)53-51(43)44)48-37-18-7-5-16-35(37)47(32-14-3-2-4-15-32)36-17-6-8-19-38(36)48/h2-30H,1H3. The topological polar surface area (TPSA) is 26.3 Å². The lowest BCUT2D eigenvalue weighted by Gasteiger charge is -2.17. The predicted octanol–water partition coefficient (Wildman–Crippen LogP) is 14.8. The van der Waals surface area contributed by atoms with Crippen molar-refractivity contribution in [3.05, 3.63) is 182 Å². The van der Waals surface area contributed by atoms with E-state index in [1.165, 1.54) is 70.9 Å². The highest BCUT2D eigenvalue weighted by Gasteiger charge is 2.22. The molecule has 0 radical (unpaired) electrons. The second kappa shape index (κ2) is 11.6. The molecule has 248 valence electrons. The third-order valence-electron chi connectivity index (χ3n) is 11.1. The first-order valence-corrected chi connectivity index (χ1v) is 18.2. The van der Waals surface area contributed by atoms with Gasteiger partial charge in [-0.2, -0.15) is 0 Å². The monoisotopic (exact) mass is 676 g/mol. The summed E-state index contributed by atoms with van der Waals surface area (Å²) in [5, 5.41) is 11.9. The Labute approximate surface area is 306 Å². The summed E-state index contributed by atoms with van der Waals surface area (Å²) in [6, 6.07) is 59.2. The van der Waals surface area contributed by atoms with Crippen LogP contribution in [-0.4, -0.2) is 0 Å². The Kier molecular flexibility index (Phi) is 6.50. The maximum absolute atomic E-state index is 7.02. The molecule has 0 spiro atoms. The van der Waals surface area contributed by atoms with E-state index in [0.717, 1.165) is 44.2 Å². The van der Waals surface area contributed by atoms with Crippen molar-refractivity contribution < 1.29 is 8.83 Å². The second-order valence-electron chi connectivity index (χ2n) is 14.0. The number of hydrogen-bond acceptors (Lipinski definition) is 2. The number of para-hydroxylation sites is 1. The first kappa shape index (κ1) is 29.8. The van der Waals surface area contributed by atoms with Gasteiger partial charge in [0.25, 0.3) is 0 Å². The number of rotatable bonds is 4. The van der Waals surface area contributed by atoms with Crippen LogP contribution in [0.2, 0.25) is 0 Å². The Bertz CT molecular complexity index is 3120. The summed E-state index contributed by atoms with van der Waals surface area (Å²) in [6.07, 6.45) is 3.71. The zero-order valence-electron chi connectivity index (χ0n) is 29.1. The molecular weight excluding hydrogens is 645 g/mol. The number of furan rings is 2. The molecule has 0 aliphatic rings. The first-order chi connectivity index (χ1) is 26.2. The third kappa shape index (κ3) is 4.39. The Hall–Kier alpha value is -6.90. The lowest BCUT2D eigenvalue weighted by Crippen LogP contribution is -1.91. The van der Waals surface area contributed by atoms with Crippen LogP contribution in [0.1, 0.15) is 5.56 Å². The van der Waals surface area contributed by atoms with Crippen molar-refractivity contribution in [3.63, 3.8) is 0 Å². The van der Waals surface area contributed by atoms with Gasteiger partial charge in [-0.05, 0) is 90.0 Å². The van der Waals surface area contributed by atoms with Crippen LogP contribution in [0.4, 0.5) is 0 Å². The minimum absolute atomic E-state index is 0.879. The van der Waals surface area contributed by atoms with Crippen LogP contribution in [0.5, 0.6) is 0 Å². The van der Waals surface area contributed by atoms with Gasteiger partial charge in [-0.1, -0.05) is 152 Å². The molecule has 0 bridgehead atoms. The van der Waals surface area contributed by atoms with Gasteiger partial charge in [0, 0.05) is 33.0 Å². The summed E-state index contributed by atoms with van der Waals surface area (Å²) < 4.78 is 12.7. The molecule has 53 heavy (non-hydrogen) atoms. The zero-order valence-corrected chi connectivity index (χ0v) is 29.1. The summed E-state index contributed by atoms with van der Waals surface area (Å²) in [5.74, 6) is 0. The molecule has 0 N–H and O–H groups in total. The molecule has 2 heterocycles. The number of aryl methyl sites for hydroxylation is 1. The average molecular weight is 677 g/mol. The van der Waals surface area contributed by atoms with Crippen molar-refractivity contribution >= 4 is 65.0 Å². The molecule has 11 aromatic rings. The van der Waals surface area contributed by atoms with Crippen LogP contribution in [0, 0.1) is 6.92 Å². The zero-order chi connectivity index (χ0) is 35.0. The lowest BCUT2D eigenvalue weighted by atomic mass is 9.85. The summed E-state index contributed by atoms with van der Waals surface area (Å²) in [7, 11) is 0. The van der Waals surface area contributed by atoms with Gasteiger partial charge in [-0.3, -0.25) is 0 Å². The van der Waals surface area contributed by atoms with E-state index < -0.39 is 0 Å². The van der Waals surface area contributed by atoms with Crippen LogP contribution in [0.3, 0.4) is 0 Å². The molecule has 9 aromatic carbocycles. The van der Waals surface area contributed by atoms with E-state index in [4.69, 9.17) is 8.83 Å². The van der Waals surface area contributed by atoms with Gasteiger partial charge < -0.3 is 8.83 Å². The van der Waals surface area contributed by atoms with Gasteiger partial charge >= 0.3 is 0 Å². The Morgan fingerprint density at radius 2 is 0.811 bits per heavy atom. The fraction of sp³-hybridized carbons (Fsp3) is 0.0196. The fourth-order valence-electron chi connectivity index (χ4n) is 8.83. The SMILES string of the molecule is Cc1cocc1-c1c2ccccc2c(-c2cccc3c2oc2cc(-c4c5ccccc5c(-c5ccccc5)c5ccccc45)ccc23)c2ccccc12. The van der Waals surface area contributed by atoms with Gasteiger partial charge in [0.15, 0.2) is 0 Å². The van der Waals surface area contributed by atoms with Crippen molar-refractivity contribution in [2.45, 2.75) is 6.92 Å². The molecule has 0 saturated heterocycles. The molecular formula is C51H32O2. The molecule has 0 amide bonds. The highest BCUT2D eigenvalue weighted by atomic mass is 16.3. The number of benzene rings is 9. The summed E-state index contributed by atoms with van der Waals surface area (Å²) in [4.78, 5) is 0. The van der Waals surface area contributed by atoms with E-state index in [-0.39, 0.29) is 0 Å². The Balaban J connectivity index is 1.18. The number of fused-ring (bicyclic) bond motifs is 7. The molecule has 11 rings (SSSR count). The van der Waals surface area contributed by atoms with E-state index in [2.05, 4.69) is 171 Å². The van der Waals surface area contributed by atoms with Crippen molar-refractivity contribution in [2.24, 2.45) is 0 Å². The smallest absolute Gasteiger partial charge is 0.143 e. The predicted molar refractivity (Wildman–Crippen MR) is 222 cm³/mol. The van der Waals surface area contributed by atoms with Gasteiger partial charge in [0.2, 0.25) is 0 Å². The highest BCUT2D eigenvalue weighted by Crippen LogP contribution is 2.48. The van der Waals surface area contributed by atoms with Crippen LogP contribution in [-0.2, 0) is 0 Å². The van der Waals surface area contributed by atoms with Crippen molar-refractivity contribution in [1.29, 1.82) is 0 Å². The molecule has 2 aromatic heterocycles. The molecule has 0 aliphatic heterocycles. The van der Waals surface area contributed by atoms with E-state index in [9.17, 15) is 0 Å². The van der Waals surface area contributed by atoms with Gasteiger partial charge in [-0.15, -0.1) is 0 Å². The summed E-state index contributed by atoms with van der Waals surface area (Å²) in [5.41, 5.74) is 12.3. The lowest BCUT2D eigenvalue weighted by molar-refractivity contribution is 0.566. The van der Waals surface area contributed by atoms with Gasteiger partial charge in [-0.25, -0.2) is 0 Å². The largest absolute Gasteiger partial charge is 0.472 e. The third-order valence-corrected chi connectivity index (χ3v) is 11.1. The minimum atomic E-state index is 0.879. The van der Waals surface area contributed by atoms with Crippen LogP contribution in [0.15, 0.2) is 185 Å². The molecule has 0 unspecified atom stereocenters. The second-order valence-corrected chi connectivity index (χ2v) is 14.0.